The van der Waals surface area contributed by atoms with Crippen molar-refractivity contribution in [1.29, 1.82) is 0 Å². The number of rotatable bonds is 3. The number of benzene rings is 1. The number of morpholine rings is 1. The Bertz CT molecular complexity index is 813. The van der Waals surface area contributed by atoms with E-state index in [0.717, 1.165) is 17.1 Å². The van der Waals surface area contributed by atoms with E-state index in [2.05, 4.69) is 0 Å². The van der Waals surface area contributed by atoms with Gasteiger partial charge in [0.2, 0.25) is 0 Å². The molecule has 2 heterocycles. The van der Waals surface area contributed by atoms with Crippen LogP contribution in [-0.2, 0) is 9.53 Å². The molecule has 1 aromatic carbocycles. The van der Waals surface area contributed by atoms with Crippen molar-refractivity contribution in [2.75, 3.05) is 19.7 Å². The van der Waals surface area contributed by atoms with Crippen LogP contribution >= 0.6 is 11.6 Å². The number of aryl methyl sites for hydroxylation is 1. The summed E-state index contributed by atoms with van der Waals surface area (Å²) in [6.07, 6.45) is -0.975. The molecule has 1 aliphatic rings. The predicted molar refractivity (Wildman–Crippen MR) is 93.5 cm³/mol. The summed E-state index contributed by atoms with van der Waals surface area (Å²) in [5.74, 6) is -1.23. The van der Waals surface area contributed by atoms with Gasteiger partial charge in [-0.25, -0.2) is 4.79 Å². The molecule has 0 spiro atoms. The van der Waals surface area contributed by atoms with E-state index in [9.17, 15) is 9.59 Å². The molecule has 1 unspecified atom stereocenters. The van der Waals surface area contributed by atoms with Gasteiger partial charge in [-0.2, -0.15) is 0 Å². The third-order valence-corrected chi connectivity index (χ3v) is 4.63. The molecule has 1 aromatic heterocycles. The fourth-order valence-corrected chi connectivity index (χ4v) is 3.25. The zero-order valence-corrected chi connectivity index (χ0v) is 14.8. The zero-order valence-electron chi connectivity index (χ0n) is 14.0. The highest BCUT2D eigenvalue weighted by Gasteiger charge is 2.31. The molecule has 7 heteroatoms. The normalized spacial score (nSPS) is 17.6. The Balaban J connectivity index is 1.90. The van der Waals surface area contributed by atoms with Crippen molar-refractivity contribution < 1.29 is 19.4 Å². The van der Waals surface area contributed by atoms with Crippen LogP contribution in [0.2, 0.25) is 5.02 Å². The Labute approximate surface area is 150 Å². The summed E-state index contributed by atoms with van der Waals surface area (Å²) < 4.78 is 7.17. The lowest BCUT2D eigenvalue weighted by atomic mass is 10.2. The fourth-order valence-electron chi connectivity index (χ4n) is 3.12. The third kappa shape index (κ3) is 3.41. The second-order valence-electron chi connectivity index (χ2n) is 6.05. The van der Waals surface area contributed by atoms with Crippen LogP contribution < -0.4 is 0 Å². The lowest BCUT2D eigenvalue weighted by Crippen LogP contribution is -2.48. The molecule has 1 aliphatic heterocycles. The van der Waals surface area contributed by atoms with Crippen LogP contribution in [0.4, 0.5) is 0 Å². The number of aromatic nitrogens is 1. The van der Waals surface area contributed by atoms with Gasteiger partial charge in [-0.05, 0) is 44.2 Å². The van der Waals surface area contributed by atoms with Crippen molar-refractivity contribution >= 4 is 23.5 Å². The first kappa shape index (κ1) is 17.5. The molecule has 25 heavy (non-hydrogen) atoms. The van der Waals surface area contributed by atoms with Gasteiger partial charge < -0.3 is 19.3 Å². The maximum absolute atomic E-state index is 12.9. The van der Waals surface area contributed by atoms with Crippen LogP contribution in [0.1, 0.15) is 21.7 Å². The van der Waals surface area contributed by atoms with Gasteiger partial charge in [-0.3, -0.25) is 4.79 Å². The fraction of sp³-hybridized carbons (Fsp3) is 0.333. The average Bonchev–Trinajstić information content (AvgIpc) is 2.90. The lowest BCUT2D eigenvalue weighted by molar-refractivity contribution is -0.154. The minimum absolute atomic E-state index is 0.0543. The molecular formula is C18H19ClN2O4. The molecule has 2 aromatic rings. The van der Waals surface area contributed by atoms with Gasteiger partial charge in [-0.15, -0.1) is 0 Å². The lowest BCUT2D eigenvalue weighted by Gasteiger charge is -2.30. The van der Waals surface area contributed by atoms with Gasteiger partial charge in [0.1, 0.15) is 0 Å². The number of amides is 1. The highest BCUT2D eigenvalue weighted by molar-refractivity contribution is 6.30. The molecule has 1 amide bonds. The Kier molecular flexibility index (Phi) is 4.83. The van der Waals surface area contributed by atoms with E-state index in [1.165, 1.54) is 4.90 Å². The first-order valence-corrected chi connectivity index (χ1v) is 8.35. The Hall–Kier alpha value is -2.31. The van der Waals surface area contributed by atoms with Crippen LogP contribution in [0.5, 0.6) is 0 Å². The minimum Gasteiger partial charge on any atom is -0.479 e. The highest BCUT2D eigenvalue weighted by atomic mass is 35.5. The summed E-state index contributed by atoms with van der Waals surface area (Å²) in [6.45, 7) is 4.46. The van der Waals surface area contributed by atoms with Gasteiger partial charge in [-0.1, -0.05) is 11.6 Å². The molecule has 6 nitrogen and oxygen atoms in total. The van der Waals surface area contributed by atoms with E-state index >= 15 is 0 Å². The van der Waals surface area contributed by atoms with E-state index in [0.29, 0.717) is 17.1 Å². The van der Waals surface area contributed by atoms with Crippen molar-refractivity contribution in [1.82, 2.24) is 9.47 Å². The van der Waals surface area contributed by atoms with E-state index in [1.54, 1.807) is 12.1 Å². The summed E-state index contributed by atoms with van der Waals surface area (Å²) in [5.41, 5.74) is 3.22. The average molecular weight is 363 g/mol. The van der Waals surface area contributed by atoms with E-state index < -0.39 is 12.1 Å². The number of hydrogen-bond acceptors (Lipinski definition) is 3. The summed E-state index contributed by atoms with van der Waals surface area (Å²) in [5, 5.41) is 9.75. The Morgan fingerprint density at radius 2 is 1.92 bits per heavy atom. The molecule has 0 radical (unpaired) electrons. The smallest absolute Gasteiger partial charge is 0.334 e. The van der Waals surface area contributed by atoms with Crippen LogP contribution in [0.3, 0.4) is 0 Å². The first-order chi connectivity index (χ1) is 11.9. The molecule has 1 saturated heterocycles. The van der Waals surface area contributed by atoms with Crippen LogP contribution in [-0.4, -0.2) is 52.3 Å². The highest BCUT2D eigenvalue weighted by Crippen LogP contribution is 2.24. The first-order valence-electron chi connectivity index (χ1n) is 7.97. The maximum atomic E-state index is 12.9. The molecule has 3 rings (SSSR count). The van der Waals surface area contributed by atoms with E-state index in [1.807, 2.05) is 36.6 Å². The summed E-state index contributed by atoms with van der Waals surface area (Å²) >= 11 is 5.95. The topological polar surface area (TPSA) is 71.8 Å². The molecule has 1 N–H and O–H groups in total. The number of carboxylic acid groups (broad SMARTS) is 1. The maximum Gasteiger partial charge on any atom is 0.334 e. The van der Waals surface area contributed by atoms with Gasteiger partial charge >= 0.3 is 5.97 Å². The molecule has 0 aliphatic carbocycles. The molecule has 132 valence electrons. The Morgan fingerprint density at radius 3 is 2.56 bits per heavy atom. The standard InChI is InChI=1S/C18H19ClN2O4/c1-11-9-15(12(2)21(11)14-5-3-13(19)4-6-14)17(22)20-7-8-25-16(10-20)18(23)24/h3-6,9,16H,7-8,10H2,1-2H3,(H,23,24). The molecule has 0 bridgehead atoms. The number of ether oxygens (including phenoxy) is 1. The largest absolute Gasteiger partial charge is 0.479 e. The molecule has 1 fully saturated rings. The SMILES string of the molecule is Cc1cc(C(=O)N2CCOC(C(=O)O)C2)c(C)n1-c1ccc(Cl)cc1. The van der Waals surface area contributed by atoms with Crippen molar-refractivity contribution in [3.63, 3.8) is 0 Å². The quantitative estimate of drug-likeness (QED) is 0.911. The van der Waals surface area contributed by atoms with Crippen molar-refractivity contribution in [2.45, 2.75) is 20.0 Å². The van der Waals surface area contributed by atoms with Crippen LogP contribution in [0.15, 0.2) is 30.3 Å². The molecule has 0 saturated carbocycles. The van der Waals surface area contributed by atoms with E-state index in [4.69, 9.17) is 21.4 Å². The predicted octanol–water partition coefficient (Wildman–Crippen LogP) is 2.67. The summed E-state index contributed by atoms with van der Waals surface area (Å²) in [4.78, 5) is 25.5. The molecule has 1 atom stereocenters. The van der Waals surface area contributed by atoms with Crippen molar-refractivity contribution in [2.24, 2.45) is 0 Å². The third-order valence-electron chi connectivity index (χ3n) is 4.38. The summed E-state index contributed by atoms with van der Waals surface area (Å²) in [6, 6.07) is 9.22. The second-order valence-corrected chi connectivity index (χ2v) is 6.48. The number of carbonyl (C=O) groups is 2. The number of halogens is 1. The van der Waals surface area contributed by atoms with Crippen LogP contribution in [0.25, 0.3) is 5.69 Å². The summed E-state index contributed by atoms with van der Waals surface area (Å²) in [7, 11) is 0. The van der Waals surface area contributed by atoms with Gasteiger partial charge in [0, 0.05) is 28.6 Å². The van der Waals surface area contributed by atoms with Gasteiger partial charge in [0.15, 0.2) is 6.10 Å². The van der Waals surface area contributed by atoms with Crippen LogP contribution in [0, 0.1) is 13.8 Å². The number of carbonyl (C=O) groups excluding carboxylic acids is 1. The van der Waals surface area contributed by atoms with Gasteiger partial charge in [0.05, 0.1) is 18.7 Å². The van der Waals surface area contributed by atoms with Crippen molar-refractivity contribution in [3.05, 3.63) is 52.3 Å². The number of nitrogens with zero attached hydrogens (tertiary/aromatic N) is 2. The number of hydrogen-bond donors (Lipinski definition) is 1. The van der Waals surface area contributed by atoms with E-state index in [-0.39, 0.29) is 19.1 Å². The van der Waals surface area contributed by atoms with Gasteiger partial charge in [0.25, 0.3) is 5.91 Å². The number of aliphatic carboxylic acids is 1. The molecular weight excluding hydrogens is 344 g/mol. The second kappa shape index (κ2) is 6.90. The Morgan fingerprint density at radius 1 is 1.24 bits per heavy atom. The number of carboxylic acids is 1. The minimum atomic E-state index is -1.05. The monoisotopic (exact) mass is 362 g/mol. The zero-order chi connectivity index (χ0) is 18.1. The van der Waals surface area contributed by atoms with Crippen molar-refractivity contribution in [3.8, 4) is 5.69 Å².